The highest BCUT2D eigenvalue weighted by Crippen LogP contribution is 2.38. The molecule has 0 atom stereocenters. The standard InChI is InChI=1S/C28H18ClF3N2O4S/c1-2-37-27(36)24-21(16-6-4-3-5-7-16)15-39-26(24)34-25(35)17(14-33)12-19-9-11-23(38-19)20-13-18(28(30,31)32)8-10-22(20)29/h3-13,15H,2H2,1H3,(H,34,35). The minimum atomic E-state index is -4.58. The zero-order chi connectivity index (χ0) is 28.2. The second-order valence-electron chi connectivity index (χ2n) is 7.96. The van der Waals surface area contributed by atoms with Crippen LogP contribution in [0.3, 0.4) is 0 Å². The highest BCUT2D eigenvalue weighted by Gasteiger charge is 2.31. The summed E-state index contributed by atoms with van der Waals surface area (Å²) in [7, 11) is 0. The lowest BCUT2D eigenvalue weighted by atomic mass is 10.0. The van der Waals surface area contributed by atoms with Crippen LogP contribution in [0, 0.1) is 11.3 Å². The van der Waals surface area contributed by atoms with Crippen molar-refractivity contribution in [2.75, 3.05) is 11.9 Å². The number of rotatable bonds is 7. The molecule has 11 heteroatoms. The molecule has 2 aromatic carbocycles. The Morgan fingerprint density at radius 2 is 1.87 bits per heavy atom. The van der Waals surface area contributed by atoms with Crippen molar-refractivity contribution in [3.63, 3.8) is 0 Å². The molecule has 0 aliphatic heterocycles. The van der Waals surface area contributed by atoms with Crippen LogP contribution in [0.5, 0.6) is 0 Å². The molecule has 2 heterocycles. The number of nitrogens with zero attached hydrogens (tertiary/aromatic N) is 1. The average Bonchev–Trinajstić information content (AvgIpc) is 3.54. The van der Waals surface area contributed by atoms with Gasteiger partial charge in [0.1, 0.15) is 33.7 Å². The van der Waals surface area contributed by atoms with Crippen molar-refractivity contribution in [1.29, 1.82) is 5.26 Å². The second kappa shape index (κ2) is 11.6. The maximum absolute atomic E-state index is 13.1. The van der Waals surface area contributed by atoms with Crippen molar-refractivity contribution in [2.24, 2.45) is 0 Å². The summed E-state index contributed by atoms with van der Waals surface area (Å²) in [5, 5.41) is 14.1. The molecule has 4 aromatic rings. The zero-order valence-corrected chi connectivity index (χ0v) is 21.7. The Labute approximate surface area is 229 Å². The van der Waals surface area contributed by atoms with Gasteiger partial charge in [0.15, 0.2) is 0 Å². The van der Waals surface area contributed by atoms with Crippen LogP contribution in [-0.2, 0) is 15.7 Å². The van der Waals surface area contributed by atoms with E-state index in [9.17, 15) is 28.0 Å². The fraction of sp³-hybridized carbons (Fsp3) is 0.107. The van der Waals surface area contributed by atoms with Crippen molar-refractivity contribution < 1.29 is 31.9 Å². The lowest BCUT2D eigenvalue weighted by molar-refractivity contribution is -0.137. The molecule has 6 nitrogen and oxygen atoms in total. The molecule has 198 valence electrons. The molecule has 0 saturated carbocycles. The van der Waals surface area contributed by atoms with Crippen LogP contribution < -0.4 is 5.32 Å². The molecule has 1 N–H and O–H groups in total. The van der Waals surface area contributed by atoms with E-state index in [0.29, 0.717) is 5.56 Å². The lowest BCUT2D eigenvalue weighted by Gasteiger charge is -2.09. The first-order valence-electron chi connectivity index (χ1n) is 11.4. The van der Waals surface area contributed by atoms with Crippen molar-refractivity contribution in [2.45, 2.75) is 13.1 Å². The molecule has 0 aliphatic rings. The predicted molar refractivity (Wildman–Crippen MR) is 142 cm³/mol. The number of ether oxygens (including phenoxy) is 1. The van der Waals surface area contributed by atoms with Gasteiger partial charge in [-0.3, -0.25) is 4.79 Å². The summed E-state index contributed by atoms with van der Waals surface area (Å²) < 4.78 is 50.2. The topological polar surface area (TPSA) is 92.3 Å². The summed E-state index contributed by atoms with van der Waals surface area (Å²) >= 11 is 7.17. The van der Waals surface area contributed by atoms with E-state index in [2.05, 4.69) is 5.32 Å². The van der Waals surface area contributed by atoms with Gasteiger partial charge in [-0.1, -0.05) is 41.9 Å². The molecular formula is C28H18ClF3N2O4S. The van der Waals surface area contributed by atoms with Gasteiger partial charge in [0, 0.05) is 22.6 Å². The molecule has 0 unspecified atom stereocenters. The van der Waals surface area contributed by atoms with Crippen molar-refractivity contribution >= 4 is 45.9 Å². The summed E-state index contributed by atoms with van der Waals surface area (Å²) in [5.41, 5.74) is 0.180. The summed E-state index contributed by atoms with van der Waals surface area (Å²) in [4.78, 5) is 25.7. The van der Waals surface area contributed by atoms with Crippen LogP contribution >= 0.6 is 22.9 Å². The predicted octanol–water partition coefficient (Wildman–Crippen LogP) is 8.07. The third kappa shape index (κ3) is 6.22. The number of esters is 1. The molecule has 0 bridgehead atoms. The normalized spacial score (nSPS) is 11.6. The number of hydrogen-bond donors (Lipinski definition) is 1. The first-order valence-corrected chi connectivity index (χ1v) is 12.6. The average molecular weight is 571 g/mol. The summed E-state index contributed by atoms with van der Waals surface area (Å²) in [6.07, 6.45) is -3.44. The molecule has 0 spiro atoms. The van der Waals surface area contributed by atoms with Crippen molar-refractivity contribution in [1.82, 2.24) is 0 Å². The van der Waals surface area contributed by atoms with Crippen LogP contribution in [0.25, 0.3) is 28.5 Å². The molecule has 0 fully saturated rings. The number of carbonyl (C=O) groups excluding carboxylic acids is 2. The fourth-order valence-corrected chi connectivity index (χ4v) is 4.78. The number of nitrogens with one attached hydrogen (secondary N) is 1. The Hall–Kier alpha value is -4.33. The van der Waals surface area contributed by atoms with Gasteiger partial charge in [-0.15, -0.1) is 11.3 Å². The number of benzene rings is 2. The molecule has 2 aromatic heterocycles. The Kier molecular flexibility index (Phi) is 8.24. The minimum absolute atomic E-state index is 0.000191. The van der Waals surface area contributed by atoms with Crippen molar-refractivity contribution in [3.05, 3.63) is 93.5 Å². The second-order valence-corrected chi connectivity index (χ2v) is 9.25. The number of furan rings is 1. The maximum atomic E-state index is 13.1. The van der Waals surface area contributed by atoms with E-state index in [-0.39, 0.29) is 44.9 Å². The third-order valence-corrected chi connectivity index (χ3v) is 6.65. The number of anilines is 1. The van der Waals surface area contributed by atoms with Gasteiger partial charge in [-0.2, -0.15) is 18.4 Å². The Morgan fingerprint density at radius 3 is 2.54 bits per heavy atom. The van der Waals surface area contributed by atoms with E-state index in [4.69, 9.17) is 20.8 Å². The summed E-state index contributed by atoms with van der Waals surface area (Å²) in [6, 6.07) is 16.4. The Morgan fingerprint density at radius 1 is 1.13 bits per heavy atom. The van der Waals surface area contributed by atoms with E-state index in [1.165, 1.54) is 12.1 Å². The Bertz CT molecular complexity index is 1600. The van der Waals surface area contributed by atoms with Crippen LogP contribution in [0.15, 0.2) is 76.0 Å². The molecule has 1 amide bonds. The number of nitriles is 1. The zero-order valence-electron chi connectivity index (χ0n) is 20.1. The van der Waals surface area contributed by atoms with Crippen molar-refractivity contribution in [3.8, 4) is 28.5 Å². The van der Waals surface area contributed by atoms with E-state index < -0.39 is 23.6 Å². The molecule has 0 aliphatic carbocycles. The number of carbonyl (C=O) groups is 2. The molecular weight excluding hydrogens is 553 g/mol. The Balaban J connectivity index is 1.62. The van der Waals surface area contributed by atoms with E-state index >= 15 is 0 Å². The first-order chi connectivity index (χ1) is 18.6. The summed E-state index contributed by atoms with van der Waals surface area (Å²) in [6.45, 7) is 1.78. The highest BCUT2D eigenvalue weighted by molar-refractivity contribution is 7.15. The number of hydrogen-bond acceptors (Lipinski definition) is 6. The minimum Gasteiger partial charge on any atom is -0.462 e. The highest BCUT2D eigenvalue weighted by atomic mass is 35.5. The van der Waals surface area contributed by atoms with Gasteiger partial charge in [0.25, 0.3) is 5.91 Å². The SMILES string of the molecule is CCOC(=O)c1c(-c2ccccc2)csc1NC(=O)C(C#N)=Cc1ccc(-c2cc(C(F)(F)F)ccc2Cl)o1. The van der Waals surface area contributed by atoms with Crippen LogP contribution in [-0.4, -0.2) is 18.5 Å². The lowest BCUT2D eigenvalue weighted by Crippen LogP contribution is -2.16. The first kappa shape index (κ1) is 27.7. The molecule has 0 radical (unpaired) electrons. The van der Waals surface area contributed by atoms with Gasteiger partial charge < -0.3 is 14.5 Å². The van der Waals surface area contributed by atoms with Crippen LogP contribution in [0.2, 0.25) is 5.02 Å². The van der Waals surface area contributed by atoms with Gasteiger partial charge in [0.2, 0.25) is 0 Å². The third-order valence-electron chi connectivity index (χ3n) is 5.42. The van der Waals surface area contributed by atoms with E-state index in [1.807, 2.05) is 18.2 Å². The molecule has 0 saturated heterocycles. The van der Waals surface area contributed by atoms with Gasteiger partial charge in [0.05, 0.1) is 17.2 Å². The van der Waals surface area contributed by atoms with Gasteiger partial charge in [-0.05, 0) is 42.8 Å². The van der Waals surface area contributed by atoms with E-state index in [1.54, 1.807) is 30.5 Å². The monoisotopic (exact) mass is 570 g/mol. The van der Waals surface area contributed by atoms with Crippen LogP contribution in [0.1, 0.15) is 28.6 Å². The fourth-order valence-electron chi connectivity index (χ4n) is 3.61. The number of alkyl halides is 3. The maximum Gasteiger partial charge on any atom is 0.416 e. The van der Waals surface area contributed by atoms with E-state index in [0.717, 1.165) is 41.2 Å². The summed E-state index contributed by atoms with van der Waals surface area (Å²) in [5.74, 6) is -1.40. The smallest absolute Gasteiger partial charge is 0.416 e. The van der Waals surface area contributed by atoms with Crippen LogP contribution in [0.4, 0.5) is 18.2 Å². The largest absolute Gasteiger partial charge is 0.462 e. The molecule has 4 rings (SSSR count). The van der Waals surface area contributed by atoms with Gasteiger partial charge >= 0.3 is 12.1 Å². The van der Waals surface area contributed by atoms with Gasteiger partial charge in [-0.25, -0.2) is 4.79 Å². The number of amides is 1. The quantitative estimate of drug-likeness (QED) is 0.138. The molecule has 39 heavy (non-hydrogen) atoms. The number of thiophene rings is 1. The number of halogens is 4.